The smallest absolute Gasteiger partial charge is 0.220 e. The van der Waals surface area contributed by atoms with Crippen molar-refractivity contribution in [2.45, 2.75) is 24.8 Å². The molecule has 0 saturated carbocycles. The topological polar surface area (TPSA) is 81.2 Å². The van der Waals surface area contributed by atoms with Gasteiger partial charge >= 0.3 is 0 Å². The number of nitrogens with two attached hydrogens (primary N) is 1. The maximum atomic E-state index is 11.4. The lowest BCUT2D eigenvalue weighted by Gasteiger charge is -2.28. The van der Waals surface area contributed by atoms with Gasteiger partial charge in [0.2, 0.25) is 5.95 Å². The van der Waals surface area contributed by atoms with E-state index in [1.54, 1.807) is 6.20 Å². The highest BCUT2D eigenvalue weighted by atomic mass is 16.3. The predicted octanol–water partition coefficient (Wildman–Crippen LogP) is 4.26. The van der Waals surface area contributed by atoms with Gasteiger partial charge in [-0.2, -0.15) is 4.91 Å². The first-order valence-corrected chi connectivity index (χ1v) is 8.34. The van der Waals surface area contributed by atoms with Crippen LogP contribution >= 0.6 is 0 Å². The number of nitroso groups, excluding NO2 is 1. The zero-order chi connectivity index (χ0) is 17.2. The molecule has 0 bridgehead atoms. The van der Waals surface area contributed by atoms with E-state index in [-0.39, 0.29) is 11.9 Å². The number of rotatable bonds is 3. The molecule has 0 amide bonds. The average molecular weight is 330 g/mol. The maximum absolute atomic E-state index is 11.4. The number of aromatic nitrogens is 2. The number of nitrogens with zero attached hydrogens (tertiary/aromatic N) is 3. The molecule has 124 valence electrons. The fraction of sp³-hybridized carbons (Fsp3) is 0.200. The van der Waals surface area contributed by atoms with E-state index in [4.69, 9.17) is 5.73 Å². The highest BCUT2D eigenvalue weighted by Gasteiger charge is 2.31. The van der Waals surface area contributed by atoms with Crippen molar-refractivity contribution in [1.29, 1.82) is 0 Å². The Balaban J connectivity index is 1.78. The van der Waals surface area contributed by atoms with E-state index in [2.05, 4.69) is 39.4 Å². The summed E-state index contributed by atoms with van der Waals surface area (Å²) < 4.78 is 0. The highest BCUT2D eigenvalue weighted by Crippen LogP contribution is 2.42. The summed E-state index contributed by atoms with van der Waals surface area (Å²) in [5.41, 5.74) is 10.9. The van der Waals surface area contributed by atoms with Crippen LogP contribution in [0.1, 0.15) is 35.2 Å². The average Bonchev–Trinajstić information content (AvgIpc) is 2.67. The van der Waals surface area contributed by atoms with Gasteiger partial charge in [-0.3, -0.25) is 0 Å². The summed E-state index contributed by atoms with van der Waals surface area (Å²) in [5, 5.41) is 3.33. The summed E-state index contributed by atoms with van der Waals surface area (Å²) in [6.07, 6.45) is 3.04. The van der Waals surface area contributed by atoms with E-state index < -0.39 is 6.04 Å². The van der Waals surface area contributed by atoms with E-state index in [1.165, 1.54) is 16.7 Å². The van der Waals surface area contributed by atoms with Crippen LogP contribution in [-0.2, 0) is 6.42 Å². The largest absolute Gasteiger partial charge is 0.368 e. The summed E-state index contributed by atoms with van der Waals surface area (Å²) in [5.74, 6) is 0.404. The Labute approximate surface area is 145 Å². The van der Waals surface area contributed by atoms with Gasteiger partial charge in [0, 0.05) is 11.8 Å². The van der Waals surface area contributed by atoms with Gasteiger partial charge in [0.15, 0.2) is 0 Å². The van der Waals surface area contributed by atoms with Crippen molar-refractivity contribution >= 4 is 5.95 Å². The minimum atomic E-state index is -0.432. The minimum Gasteiger partial charge on any atom is -0.368 e. The van der Waals surface area contributed by atoms with Crippen molar-refractivity contribution in [3.05, 3.63) is 82.5 Å². The van der Waals surface area contributed by atoms with Crippen molar-refractivity contribution in [3.63, 3.8) is 0 Å². The van der Waals surface area contributed by atoms with E-state index in [9.17, 15) is 4.91 Å². The van der Waals surface area contributed by atoms with Crippen LogP contribution in [0.4, 0.5) is 5.95 Å². The third-order valence-corrected chi connectivity index (χ3v) is 4.84. The van der Waals surface area contributed by atoms with E-state index in [1.807, 2.05) is 30.3 Å². The van der Waals surface area contributed by atoms with Crippen LogP contribution in [-0.4, -0.2) is 9.97 Å². The third-order valence-electron chi connectivity index (χ3n) is 4.84. The maximum Gasteiger partial charge on any atom is 0.220 e. The lowest BCUT2D eigenvalue weighted by atomic mass is 9.78. The van der Waals surface area contributed by atoms with E-state index in [0.29, 0.717) is 6.42 Å². The van der Waals surface area contributed by atoms with E-state index in [0.717, 1.165) is 17.7 Å². The second kappa shape index (κ2) is 6.43. The third kappa shape index (κ3) is 2.89. The zero-order valence-electron chi connectivity index (χ0n) is 13.7. The molecule has 1 aliphatic rings. The van der Waals surface area contributed by atoms with Crippen LogP contribution in [0.3, 0.4) is 0 Å². The quantitative estimate of drug-likeness (QED) is 0.727. The van der Waals surface area contributed by atoms with Gasteiger partial charge in [0.25, 0.3) is 0 Å². The molecule has 0 radical (unpaired) electrons. The SMILES string of the molecule is Nc1ncc2c(n1)CC(c1ccccc1-c1ccccc1)CC2N=O. The van der Waals surface area contributed by atoms with E-state index >= 15 is 0 Å². The van der Waals surface area contributed by atoms with Gasteiger partial charge in [0.1, 0.15) is 6.04 Å². The van der Waals surface area contributed by atoms with Crippen LogP contribution in [0.5, 0.6) is 0 Å². The summed E-state index contributed by atoms with van der Waals surface area (Å²) in [4.78, 5) is 19.8. The second-order valence-corrected chi connectivity index (χ2v) is 6.34. The molecular formula is C20H18N4O. The van der Waals surface area contributed by atoms with Crippen LogP contribution in [0.15, 0.2) is 66.0 Å². The molecule has 2 unspecified atom stereocenters. The van der Waals surface area contributed by atoms with Crippen molar-refractivity contribution in [2.24, 2.45) is 5.18 Å². The number of benzene rings is 2. The van der Waals surface area contributed by atoms with Crippen molar-refractivity contribution in [3.8, 4) is 11.1 Å². The summed E-state index contributed by atoms with van der Waals surface area (Å²) >= 11 is 0. The first kappa shape index (κ1) is 15.4. The molecule has 2 N–H and O–H groups in total. The van der Waals surface area contributed by atoms with Gasteiger partial charge in [0.05, 0.1) is 5.69 Å². The molecule has 0 spiro atoms. The number of nitrogen functional groups attached to an aromatic ring is 1. The molecule has 4 rings (SSSR count). The lowest BCUT2D eigenvalue weighted by Crippen LogP contribution is -2.19. The molecule has 5 heteroatoms. The van der Waals surface area contributed by atoms with Crippen molar-refractivity contribution in [1.82, 2.24) is 9.97 Å². The molecule has 1 aromatic heterocycles. The van der Waals surface area contributed by atoms with Gasteiger partial charge in [-0.05, 0) is 35.4 Å². The van der Waals surface area contributed by atoms with Crippen LogP contribution in [0.25, 0.3) is 11.1 Å². The molecule has 25 heavy (non-hydrogen) atoms. The Morgan fingerprint density at radius 2 is 1.76 bits per heavy atom. The van der Waals surface area contributed by atoms with Gasteiger partial charge < -0.3 is 5.73 Å². The van der Waals surface area contributed by atoms with Crippen LogP contribution in [0, 0.1) is 4.91 Å². The summed E-state index contributed by atoms with van der Waals surface area (Å²) in [6, 6.07) is 18.2. The van der Waals surface area contributed by atoms with Gasteiger partial charge in [-0.25, -0.2) is 9.97 Å². The minimum absolute atomic E-state index is 0.168. The summed E-state index contributed by atoms with van der Waals surface area (Å²) in [6.45, 7) is 0. The molecule has 1 heterocycles. The standard InChI is InChI=1S/C20H18N4O/c21-20-22-12-17-18(23-20)10-14(11-19(17)24-25)16-9-5-4-8-15(16)13-6-2-1-3-7-13/h1-9,12,14,19H,10-11H2,(H2,21,22,23). The second-order valence-electron chi connectivity index (χ2n) is 6.34. The molecule has 2 aromatic carbocycles. The van der Waals surface area contributed by atoms with Crippen molar-refractivity contribution in [2.75, 3.05) is 5.73 Å². The Kier molecular flexibility index (Phi) is 3.98. The van der Waals surface area contributed by atoms with Crippen LogP contribution < -0.4 is 5.73 Å². The monoisotopic (exact) mass is 330 g/mol. The lowest BCUT2D eigenvalue weighted by molar-refractivity contribution is 0.493. The number of hydrogen-bond acceptors (Lipinski definition) is 5. The Morgan fingerprint density at radius 3 is 2.56 bits per heavy atom. The van der Waals surface area contributed by atoms with Crippen molar-refractivity contribution < 1.29 is 0 Å². The number of anilines is 1. The molecule has 3 aromatic rings. The molecule has 0 fully saturated rings. The van der Waals surface area contributed by atoms with Gasteiger partial charge in [-0.15, -0.1) is 0 Å². The van der Waals surface area contributed by atoms with Crippen LogP contribution in [0.2, 0.25) is 0 Å². The molecule has 0 saturated heterocycles. The highest BCUT2D eigenvalue weighted by molar-refractivity contribution is 5.68. The Hall–Kier alpha value is -3.08. The predicted molar refractivity (Wildman–Crippen MR) is 97.9 cm³/mol. The molecular weight excluding hydrogens is 312 g/mol. The fourth-order valence-corrected chi connectivity index (χ4v) is 3.67. The van der Waals surface area contributed by atoms with Gasteiger partial charge in [-0.1, -0.05) is 59.8 Å². The zero-order valence-corrected chi connectivity index (χ0v) is 13.7. The number of fused-ring (bicyclic) bond motifs is 1. The normalized spacial score (nSPS) is 19.2. The molecule has 0 aliphatic heterocycles. The Morgan fingerprint density at radius 1 is 1.00 bits per heavy atom. The first-order chi connectivity index (χ1) is 12.3. The molecule has 2 atom stereocenters. The fourth-order valence-electron chi connectivity index (χ4n) is 3.67. The molecule has 1 aliphatic carbocycles. The summed E-state index contributed by atoms with van der Waals surface area (Å²) in [7, 11) is 0. The first-order valence-electron chi connectivity index (χ1n) is 8.34. The number of hydrogen-bond donors (Lipinski definition) is 1. The Bertz CT molecular complexity index is 911. The molecule has 5 nitrogen and oxygen atoms in total.